The lowest BCUT2D eigenvalue weighted by Crippen LogP contribution is -2.42. The second kappa shape index (κ2) is 11.7. The highest BCUT2D eigenvalue weighted by molar-refractivity contribution is 8.18. The third kappa shape index (κ3) is 6.51. The fraction of sp³-hybridized carbons (Fsp3) is 0.308. The van der Waals surface area contributed by atoms with Gasteiger partial charge in [-0.1, -0.05) is 49.2 Å². The summed E-state index contributed by atoms with van der Waals surface area (Å²) in [6.07, 6.45) is 5.61. The Morgan fingerprint density at radius 1 is 0.943 bits per heavy atom. The van der Waals surface area contributed by atoms with Crippen molar-refractivity contribution in [1.82, 2.24) is 9.80 Å². The van der Waals surface area contributed by atoms with Crippen molar-refractivity contribution < 1.29 is 23.9 Å². The molecule has 8 nitrogen and oxygen atoms in total. The van der Waals surface area contributed by atoms with Gasteiger partial charge in [-0.2, -0.15) is 0 Å². The first-order chi connectivity index (χ1) is 17.0. The molecule has 182 valence electrons. The standard InChI is InChI=1S/C26H27N3O5S/c30-23(27-20-11-4-3-5-12-20)18-34-21-13-7-6-10-19(21)16-22-25(32)29(26(33)35-22)17-24(31)28-14-8-1-2-9-15-28/h3-7,10-13,16H,1-2,8-9,14-15,17-18H2,(H,27,30). The predicted molar refractivity (Wildman–Crippen MR) is 135 cm³/mol. The van der Waals surface area contributed by atoms with Crippen LogP contribution in [0.2, 0.25) is 0 Å². The quantitative estimate of drug-likeness (QED) is 0.583. The molecule has 0 aliphatic carbocycles. The Morgan fingerprint density at radius 3 is 2.37 bits per heavy atom. The Morgan fingerprint density at radius 2 is 1.63 bits per heavy atom. The van der Waals surface area contributed by atoms with E-state index >= 15 is 0 Å². The number of hydrogen-bond donors (Lipinski definition) is 1. The van der Waals surface area contributed by atoms with Gasteiger partial charge in [0.15, 0.2) is 6.61 Å². The predicted octanol–water partition coefficient (Wildman–Crippen LogP) is 4.14. The first-order valence-electron chi connectivity index (χ1n) is 11.6. The summed E-state index contributed by atoms with van der Waals surface area (Å²) in [4.78, 5) is 53.3. The Hall–Kier alpha value is -3.59. The minimum Gasteiger partial charge on any atom is -0.483 e. The van der Waals surface area contributed by atoms with Gasteiger partial charge in [-0.15, -0.1) is 0 Å². The second-order valence-corrected chi connectivity index (χ2v) is 9.30. The minimum absolute atomic E-state index is 0.205. The van der Waals surface area contributed by atoms with Gasteiger partial charge >= 0.3 is 0 Å². The van der Waals surface area contributed by atoms with Crippen molar-refractivity contribution in [3.8, 4) is 5.75 Å². The molecule has 2 aromatic rings. The molecule has 2 fully saturated rings. The van der Waals surface area contributed by atoms with E-state index in [1.807, 2.05) is 18.2 Å². The third-order valence-electron chi connectivity index (χ3n) is 5.75. The average Bonchev–Trinajstić information content (AvgIpc) is 3.05. The van der Waals surface area contributed by atoms with E-state index < -0.39 is 11.1 Å². The fourth-order valence-electron chi connectivity index (χ4n) is 3.93. The van der Waals surface area contributed by atoms with Crippen LogP contribution < -0.4 is 10.1 Å². The van der Waals surface area contributed by atoms with E-state index in [1.54, 1.807) is 47.4 Å². The number of anilines is 1. The molecule has 2 aliphatic rings. The summed E-state index contributed by atoms with van der Waals surface area (Å²) in [5, 5.41) is 2.28. The zero-order valence-electron chi connectivity index (χ0n) is 19.3. The van der Waals surface area contributed by atoms with E-state index in [9.17, 15) is 19.2 Å². The Kier molecular flexibility index (Phi) is 8.20. The summed E-state index contributed by atoms with van der Waals surface area (Å²) in [7, 11) is 0. The van der Waals surface area contributed by atoms with Crippen LogP contribution in [0.25, 0.3) is 6.08 Å². The molecule has 1 N–H and O–H groups in total. The van der Waals surface area contributed by atoms with E-state index in [-0.39, 0.29) is 29.9 Å². The molecule has 2 heterocycles. The molecule has 4 rings (SSSR count). The van der Waals surface area contributed by atoms with Gasteiger partial charge in [-0.25, -0.2) is 0 Å². The normalized spacial score (nSPS) is 17.4. The fourth-order valence-corrected chi connectivity index (χ4v) is 4.76. The third-order valence-corrected chi connectivity index (χ3v) is 6.66. The largest absolute Gasteiger partial charge is 0.483 e. The Labute approximate surface area is 208 Å². The first kappa shape index (κ1) is 24.5. The minimum atomic E-state index is -0.500. The number of thioether (sulfide) groups is 1. The number of benzene rings is 2. The topological polar surface area (TPSA) is 96.0 Å². The summed E-state index contributed by atoms with van der Waals surface area (Å²) < 4.78 is 5.69. The number of carbonyl (C=O) groups is 4. The lowest BCUT2D eigenvalue weighted by atomic mass is 10.2. The van der Waals surface area contributed by atoms with Crippen LogP contribution >= 0.6 is 11.8 Å². The lowest BCUT2D eigenvalue weighted by Gasteiger charge is -2.22. The number of imide groups is 1. The molecule has 0 unspecified atom stereocenters. The molecule has 2 aliphatic heterocycles. The highest BCUT2D eigenvalue weighted by atomic mass is 32.2. The molecule has 4 amide bonds. The molecule has 0 atom stereocenters. The maximum Gasteiger partial charge on any atom is 0.294 e. The number of ether oxygens (including phenoxy) is 1. The number of rotatable bonds is 7. The number of para-hydroxylation sites is 2. The van der Waals surface area contributed by atoms with Crippen molar-refractivity contribution in [2.75, 3.05) is 31.6 Å². The number of hydrogen-bond acceptors (Lipinski definition) is 6. The second-order valence-electron chi connectivity index (χ2n) is 8.30. The van der Waals surface area contributed by atoms with E-state index in [0.717, 1.165) is 42.3 Å². The highest BCUT2D eigenvalue weighted by Crippen LogP contribution is 2.34. The van der Waals surface area contributed by atoms with Crippen LogP contribution in [0.1, 0.15) is 31.2 Å². The molecule has 0 bridgehead atoms. The molecule has 0 aromatic heterocycles. The van der Waals surface area contributed by atoms with Crippen LogP contribution in [0.4, 0.5) is 10.5 Å². The van der Waals surface area contributed by atoms with E-state index in [2.05, 4.69) is 5.32 Å². The van der Waals surface area contributed by atoms with E-state index in [1.165, 1.54) is 0 Å². The van der Waals surface area contributed by atoms with Gasteiger partial charge in [0.1, 0.15) is 12.3 Å². The maximum absolute atomic E-state index is 12.9. The van der Waals surface area contributed by atoms with Crippen molar-refractivity contribution in [2.24, 2.45) is 0 Å². The highest BCUT2D eigenvalue weighted by Gasteiger charge is 2.37. The molecule has 2 aromatic carbocycles. The van der Waals surface area contributed by atoms with Gasteiger partial charge in [-0.3, -0.25) is 24.1 Å². The number of amides is 4. The summed E-state index contributed by atoms with van der Waals surface area (Å²) in [6, 6.07) is 16.0. The molecule has 2 saturated heterocycles. The monoisotopic (exact) mass is 493 g/mol. The van der Waals surface area contributed by atoms with Crippen LogP contribution in [0.15, 0.2) is 59.5 Å². The Bertz CT molecular complexity index is 1130. The van der Waals surface area contributed by atoms with Crippen molar-refractivity contribution >= 4 is 46.5 Å². The molecular weight excluding hydrogens is 466 g/mol. The van der Waals surface area contributed by atoms with Gasteiger partial charge in [0.2, 0.25) is 5.91 Å². The van der Waals surface area contributed by atoms with Crippen LogP contribution in [0.3, 0.4) is 0 Å². The van der Waals surface area contributed by atoms with E-state index in [0.29, 0.717) is 30.1 Å². The van der Waals surface area contributed by atoms with Crippen molar-refractivity contribution in [3.63, 3.8) is 0 Å². The number of carbonyl (C=O) groups excluding carboxylic acids is 4. The van der Waals surface area contributed by atoms with Crippen molar-refractivity contribution in [3.05, 3.63) is 65.1 Å². The molecule has 0 saturated carbocycles. The summed E-state index contributed by atoms with van der Waals surface area (Å²) >= 11 is 0.797. The smallest absolute Gasteiger partial charge is 0.294 e. The molecule has 0 radical (unpaired) electrons. The molecule has 35 heavy (non-hydrogen) atoms. The molecule has 9 heteroatoms. The van der Waals surface area contributed by atoms with E-state index in [4.69, 9.17) is 4.74 Å². The van der Waals surface area contributed by atoms with Gasteiger partial charge in [0, 0.05) is 24.3 Å². The number of nitrogens with zero attached hydrogens (tertiary/aromatic N) is 2. The van der Waals surface area contributed by atoms with Crippen LogP contribution in [-0.4, -0.2) is 59.0 Å². The summed E-state index contributed by atoms with van der Waals surface area (Å²) in [6.45, 7) is 0.853. The summed E-state index contributed by atoms with van der Waals surface area (Å²) in [5.41, 5.74) is 1.22. The lowest BCUT2D eigenvalue weighted by molar-refractivity contribution is -0.135. The van der Waals surface area contributed by atoms with Gasteiger partial charge in [0.25, 0.3) is 17.1 Å². The first-order valence-corrected chi connectivity index (χ1v) is 12.4. The van der Waals surface area contributed by atoms with Crippen LogP contribution in [0.5, 0.6) is 5.75 Å². The zero-order valence-corrected chi connectivity index (χ0v) is 20.1. The Balaban J connectivity index is 1.40. The molecule has 0 spiro atoms. The average molecular weight is 494 g/mol. The summed E-state index contributed by atoms with van der Waals surface area (Å²) in [5.74, 6) is -0.620. The number of likely N-dealkylation sites (tertiary alicyclic amines) is 1. The van der Waals surface area contributed by atoms with Crippen LogP contribution in [0, 0.1) is 0 Å². The van der Waals surface area contributed by atoms with Crippen LogP contribution in [-0.2, 0) is 14.4 Å². The van der Waals surface area contributed by atoms with Crippen molar-refractivity contribution in [2.45, 2.75) is 25.7 Å². The van der Waals surface area contributed by atoms with Crippen molar-refractivity contribution in [1.29, 1.82) is 0 Å². The van der Waals surface area contributed by atoms with Gasteiger partial charge in [0.05, 0.1) is 4.91 Å². The zero-order chi connectivity index (χ0) is 24.6. The van der Waals surface area contributed by atoms with Gasteiger partial charge < -0.3 is 15.0 Å². The molecular formula is C26H27N3O5S. The SMILES string of the molecule is O=C(COc1ccccc1C=C1SC(=O)N(CC(=O)N2CCCCCC2)C1=O)Nc1ccccc1. The maximum atomic E-state index is 12.9. The van der Waals surface area contributed by atoms with Gasteiger partial charge in [-0.05, 0) is 48.9 Å². The number of nitrogens with one attached hydrogen (secondary N) is 1.